The Labute approximate surface area is 117 Å². The highest BCUT2D eigenvalue weighted by molar-refractivity contribution is 9.10. The number of rotatable bonds is 1. The van der Waals surface area contributed by atoms with E-state index in [-0.39, 0.29) is 5.43 Å². The fourth-order valence-electron chi connectivity index (χ4n) is 1.92. The molecule has 0 atom stereocenters. The molecule has 1 aromatic heterocycles. The van der Waals surface area contributed by atoms with Crippen LogP contribution in [-0.4, -0.2) is 4.98 Å². The highest BCUT2D eigenvalue weighted by Gasteiger charge is 2.14. The zero-order valence-electron chi connectivity index (χ0n) is 9.33. The first-order chi connectivity index (χ1) is 7.97. The number of benzene rings is 1. The minimum atomic E-state index is 0.0121. The van der Waals surface area contributed by atoms with Crippen molar-refractivity contribution in [3.05, 3.63) is 42.1 Å². The molecule has 0 aliphatic carbocycles. The van der Waals surface area contributed by atoms with Gasteiger partial charge in [-0.2, -0.15) is 0 Å². The third-order valence-corrected chi connectivity index (χ3v) is 4.52. The molecule has 0 amide bonds. The molecule has 0 aliphatic rings. The monoisotopic (exact) mass is 333 g/mol. The van der Waals surface area contributed by atoms with Crippen LogP contribution < -0.4 is 5.43 Å². The number of pyridine rings is 1. The third kappa shape index (κ3) is 2.01. The van der Waals surface area contributed by atoms with E-state index >= 15 is 0 Å². The van der Waals surface area contributed by atoms with Gasteiger partial charge < -0.3 is 4.98 Å². The number of fused-ring (bicyclic) bond motifs is 1. The van der Waals surface area contributed by atoms with Gasteiger partial charge in [-0.3, -0.25) is 4.79 Å². The van der Waals surface area contributed by atoms with Gasteiger partial charge in [0.25, 0.3) is 0 Å². The van der Waals surface area contributed by atoms with Crippen molar-refractivity contribution >= 4 is 50.0 Å². The number of halogens is 3. The smallest absolute Gasteiger partial charge is 0.192 e. The predicted molar refractivity (Wildman–Crippen MR) is 76.4 cm³/mol. The molecule has 0 unspecified atom stereocenters. The summed E-state index contributed by atoms with van der Waals surface area (Å²) < 4.78 is 0.632. The van der Waals surface area contributed by atoms with Gasteiger partial charge in [-0.05, 0) is 35.3 Å². The van der Waals surface area contributed by atoms with Gasteiger partial charge in [-0.1, -0.05) is 30.1 Å². The summed E-state index contributed by atoms with van der Waals surface area (Å²) in [6.07, 6.45) is 0.689. The standard InChI is InChI=1S/C12H10BrCl2NO/c1-3-6-5(2)16-11-7(12(6)17)4-8(13)9(14)10(11)15/h4H,3H2,1-2H3,(H,16,17). The van der Waals surface area contributed by atoms with Gasteiger partial charge in [0.1, 0.15) is 0 Å². The molecule has 0 spiro atoms. The molecule has 0 radical (unpaired) electrons. The maximum atomic E-state index is 12.3. The summed E-state index contributed by atoms with van der Waals surface area (Å²) in [5.74, 6) is 0. The summed E-state index contributed by atoms with van der Waals surface area (Å²) >= 11 is 15.5. The van der Waals surface area contributed by atoms with E-state index in [4.69, 9.17) is 23.2 Å². The Morgan fingerprint density at radius 2 is 2.00 bits per heavy atom. The fourth-order valence-corrected chi connectivity index (χ4v) is 2.86. The van der Waals surface area contributed by atoms with E-state index in [9.17, 15) is 4.79 Å². The number of nitrogens with one attached hydrogen (secondary N) is 1. The van der Waals surface area contributed by atoms with Gasteiger partial charge in [0, 0.05) is 21.1 Å². The van der Waals surface area contributed by atoms with E-state index < -0.39 is 0 Å². The highest BCUT2D eigenvalue weighted by atomic mass is 79.9. The summed E-state index contributed by atoms with van der Waals surface area (Å²) in [5.41, 5.74) is 2.23. The molecule has 0 saturated carbocycles. The summed E-state index contributed by atoms with van der Waals surface area (Å²) in [6.45, 7) is 3.82. The second kappa shape index (κ2) is 4.63. The number of H-pyrrole nitrogens is 1. The van der Waals surface area contributed by atoms with Crippen LogP contribution in [0.3, 0.4) is 0 Å². The van der Waals surface area contributed by atoms with Crippen molar-refractivity contribution in [2.45, 2.75) is 20.3 Å². The molecule has 0 bridgehead atoms. The molecule has 5 heteroatoms. The van der Waals surface area contributed by atoms with Crippen molar-refractivity contribution in [3.8, 4) is 0 Å². The van der Waals surface area contributed by atoms with Crippen molar-refractivity contribution in [2.24, 2.45) is 0 Å². The van der Waals surface area contributed by atoms with Gasteiger partial charge in [-0.15, -0.1) is 0 Å². The van der Waals surface area contributed by atoms with E-state index in [1.54, 1.807) is 6.07 Å². The lowest BCUT2D eigenvalue weighted by Gasteiger charge is -2.09. The highest BCUT2D eigenvalue weighted by Crippen LogP contribution is 2.35. The Balaban J connectivity index is 3.03. The van der Waals surface area contributed by atoms with Crippen LogP contribution in [-0.2, 0) is 6.42 Å². The first-order valence-corrected chi connectivity index (χ1v) is 6.71. The van der Waals surface area contributed by atoms with Gasteiger partial charge in [-0.25, -0.2) is 0 Å². The van der Waals surface area contributed by atoms with E-state index in [1.807, 2.05) is 13.8 Å². The van der Waals surface area contributed by atoms with Crippen LogP contribution in [0.5, 0.6) is 0 Å². The number of hydrogen-bond donors (Lipinski definition) is 1. The van der Waals surface area contributed by atoms with Crippen molar-refractivity contribution in [1.29, 1.82) is 0 Å². The number of aromatic nitrogens is 1. The topological polar surface area (TPSA) is 32.9 Å². The van der Waals surface area contributed by atoms with E-state index in [1.165, 1.54) is 0 Å². The van der Waals surface area contributed by atoms with Crippen LogP contribution in [0.2, 0.25) is 10.0 Å². The van der Waals surface area contributed by atoms with Crippen LogP contribution in [0.15, 0.2) is 15.3 Å². The number of aryl methyl sites for hydroxylation is 1. The Hall–Kier alpha value is -0.510. The molecule has 1 aromatic carbocycles. The van der Waals surface area contributed by atoms with Gasteiger partial charge >= 0.3 is 0 Å². The summed E-state index contributed by atoms with van der Waals surface area (Å²) in [5, 5.41) is 1.35. The molecule has 2 rings (SSSR count). The van der Waals surface area contributed by atoms with Crippen LogP contribution >= 0.6 is 39.1 Å². The van der Waals surface area contributed by atoms with Crippen molar-refractivity contribution < 1.29 is 0 Å². The quantitative estimate of drug-likeness (QED) is 0.767. The molecule has 0 fully saturated rings. The second-order valence-electron chi connectivity index (χ2n) is 3.82. The number of hydrogen-bond acceptors (Lipinski definition) is 1. The minimum absolute atomic E-state index is 0.0121. The fraction of sp³-hybridized carbons (Fsp3) is 0.250. The first-order valence-electron chi connectivity index (χ1n) is 5.16. The Bertz CT molecular complexity index is 664. The van der Waals surface area contributed by atoms with Gasteiger partial charge in [0.05, 0.1) is 15.6 Å². The zero-order valence-corrected chi connectivity index (χ0v) is 12.4. The molecule has 0 saturated heterocycles. The Kier molecular flexibility index (Phi) is 3.53. The van der Waals surface area contributed by atoms with Crippen LogP contribution in [0.25, 0.3) is 10.9 Å². The maximum absolute atomic E-state index is 12.3. The second-order valence-corrected chi connectivity index (χ2v) is 5.43. The van der Waals surface area contributed by atoms with Crippen molar-refractivity contribution in [2.75, 3.05) is 0 Å². The van der Waals surface area contributed by atoms with Crippen LogP contribution in [0.4, 0.5) is 0 Å². The predicted octanol–water partition coefficient (Wildman–Crippen LogP) is 4.47. The van der Waals surface area contributed by atoms with Crippen LogP contribution in [0.1, 0.15) is 18.2 Å². The van der Waals surface area contributed by atoms with Gasteiger partial charge in [0.2, 0.25) is 0 Å². The normalized spacial score (nSPS) is 11.1. The third-order valence-electron chi connectivity index (χ3n) is 2.80. The Morgan fingerprint density at radius 1 is 1.35 bits per heavy atom. The van der Waals surface area contributed by atoms with Gasteiger partial charge in [0.15, 0.2) is 5.43 Å². The lowest BCUT2D eigenvalue weighted by molar-refractivity contribution is 1.05. The van der Waals surface area contributed by atoms with E-state index in [0.717, 1.165) is 11.3 Å². The average molecular weight is 335 g/mol. The van der Waals surface area contributed by atoms with Crippen molar-refractivity contribution in [3.63, 3.8) is 0 Å². The molecule has 0 aliphatic heterocycles. The average Bonchev–Trinajstić information content (AvgIpc) is 2.29. The van der Waals surface area contributed by atoms with Crippen molar-refractivity contribution in [1.82, 2.24) is 4.98 Å². The molecule has 90 valence electrons. The lowest BCUT2D eigenvalue weighted by atomic mass is 10.1. The number of aromatic amines is 1. The minimum Gasteiger partial charge on any atom is -0.357 e. The molecule has 2 aromatic rings. The maximum Gasteiger partial charge on any atom is 0.192 e. The lowest BCUT2D eigenvalue weighted by Crippen LogP contribution is -2.12. The van der Waals surface area contributed by atoms with E-state index in [0.29, 0.717) is 31.8 Å². The first kappa shape index (κ1) is 12.9. The molecular weight excluding hydrogens is 325 g/mol. The molecule has 1 N–H and O–H groups in total. The largest absolute Gasteiger partial charge is 0.357 e. The molecule has 17 heavy (non-hydrogen) atoms. The SMILES string of the molecule is CCc1c(C)[nH]c2c(Cl)c(Cl)c(Br)cc2c1=O. The van der Waals surface area contributed by atoms with Crippen LogP contribution in [0, 0.1) is 6.92 Å². The summed E-state index contributed by atoms with van der Waals surface area (Å²) in [4.78, 5) is 15.4. The molecular formula is C12H10BrCl2NO. The summed E-state index contributed by atoms with van der Waals surface area (Å²) in [7, 11) is 0. The summed E-state index contributed by atoms with van der Waals surface area (Å²) in [6, 6.07) is 1.71. The Morgan fingerprint density at radius 3 is 2.59 bits per heavy atom. The molecule has 1 heterocycles. The van der Waals surface area contributed by atoms with E-state index in [2.05, 4.69) is 20.9 Å². The zero-order chi connectivity index (χ0) is 12.7. The molecule has 2 nitrogen and oxygen atoms in total.